The molecule has 1 N–H and O–H groups in total. The predicted molar refractivity (Wildman–Crippen MR) is 52.3 cm³/mol. The van der Waals surface area contributed by atoms with Crippen LogP contribution in [-0.2, 0) is 0 Å². The highest BCUT2D eigenvalue weighted by molar-refractivity contribution is 5.50. The van der Waals surface area contributed by atoms with Crippen molar-refractivity contribution in [1.29, 1.82) is 5.26 Å². The molecule has 0 aliphatic rings. The van der Waals surface area contributed by atoms with Crippen LogP contribution < -0.4 is 5.32 Å². The first-order chi connectivity index (χ1) is 6.38. The fraction of sp³-hybridized carbons (Fsp3) is 0.400. The first-order valence-corrected chi connectivity index (χ1v) is 4.47. The van der Waals surface area contributed by atoms with E-state index in [9.17, 15) is 0 Å². The van der Waals surface area contributed by atoms with Crippen LogP contribution in [0.1, 0.15) is 25.3 Å². The molecule has 13 heavy (non-hydrogen) atoms. The number of rotatable bonds is 4. The van der Waals surface area contributed by atoms with Crippen LogP contribution in [-0.4, -0.2) is 11.5 Å². The van der Waals surface area contributed by atoms with Crippen molar-refractivity contribution < 1.29 is 0 Å². The molecular formula is C10H13N3. The van der Waals surface area contributed by atoms with E-state index >= 15 is 0 Å². The summed E-state index contributed by atoms with van der Waals surface area (Å²) >= 11 is 0. The van der Waals surface area contributed by atoms with Gasteiger partial charge in [0.1, 0.15) is 11.9 Å². The van der Waals surface area contributed by atoms with E-state index in [0.29, 0.717) is 11.4 Å². The molecule has 3 heteroatoms. The number of nitriles is 1. The standard InChI is InChI=1S/C10H13N3/c1-2-3-6-12-10-9(8-11)5-4-7-13-10/h4-5,7H,2-3,6H2,1H3,(H,12,13). The molecule has 0 aromatic carbocycles. The maximum atomic E-state index is 8.74. The molecule has 0 radical (unpaired) electrons. The summed E-state index contributed by atoms with van der Waals surface area (Å²) in [4.78, 5) is 4.09. The summed E-state index contributed by atoms with van der Waals surface area (Å²) in [7, 11) is 0. The molecule has 1 rings (SSSR count). The second-order valence-electron chi connectivity index (χ2n) is 2.79. The lowest BCUT2D eigenvalue weighted by Crippen LogP contribution is -2.04. The molecule has 0 amide bonds. The number of hydrogen-bond donors (Lipinski definition) is 1. The average molecular weight is 175 g/mol. The summed E-state index contributed by atoms with van der Waals surface area (Å²) in [6.07, 6.45) is 3.93. The topological polar surface area (TPSA) is 48.7 Å². The van der Waals surface area contributed by atoms with Crippen molar-refractivity contribution in [3.63, 3.8) is 0 Å². The van der Waals surface area contributed by atoms with Gasteiger partial charge in [0, 0.05) is 12.7 Å². The second kappa shape index (κ2) is 5.15. The number of anilines is 1. The van der Waals surface area contributed by atoms with Crippen LogP contribution in [0, 0.1) is 11.3 Å². The molecule has 0 bridgehead atoms. The summed E-state index contributed by atoms with van der Waals surface area (Å²) in [5.41, 5.74) is 0.610. The summed E-state index contributed by atoms with van der Waals surface area (Å²) in [5.74, 6) is 0.693. The summed E-state index contributed by atoms with van der Waals surface area (Å²) < 4.78 is 0. The summed E-state index contributed by atoms with van der Waals surface area (Å²) in [6, 6.07) is 5.63. The van der Waals surface area contributed by atoms with Crippen LogP contribution in [0.25, 0.3) is 0 Å². The lowest BCUT2D eigenvalue weighted by Gasteiger charge is -2.04. The van der Waals surface area contributed by atoms with Gasteiger partial charge in [0.2, 0.25) is 0 Å². The predicted octanol–water partition coefficient (Wildman–Crippen LogP) is 2.17. The molecule has 0 atom stereocenters. The van der Waals surface area contributed by atoms with Crippen LogP contribution in [0.15, 0.2) is 18.3 Å². The summed E-state index contributed by atoms with van der Waals surface area (Å²) in [5, 5.41) is 11.9. The van der Waals surface area contributed by atoms with E-state index in [-0.39, 0.29) is 0 Å². The fourth-order valence-electron chi connectivity index (χ4n) is 1.02. The van der Waals surface area contributed by atoms with Gasteiger partial charge in [-0.25, -0.2) is 4.98 Å². The molecule has 3 nitrogen and oxygen atoms in total. The van der Waals surface area contributed by atoms with Gasteiger partial charge in [-0.1, -0.05) is 13.3 Å². The normalized spacial score (nSPS) is 9.23. The Morgan fingerprint density at radius 2 is 2.46 bits per heavy atom. The van der Waals surface area contributed by atoms with Gasteiger partial charge in [-0.05, 0) is 18.6 Å². The van der Waals surface area contributed by atoms with Crippen LogP contribution in [0.5, 0.6) is 0 Å². The Kier molecular flexibility index (Phi) is 3.77. The van der Waals surface area contributed by atoms with Gasteiger partial charge < -0.3 is 5.32 Å². The minimum atomic E-state index is 0.610. The third-order valence-corrected chi connectivity index (χ3v) is 1.75. The van der Waals surface area contributed by atoms with E-state index in [1.165, 1.54) is 0 Å². The van der Waals surface area contributed by atoms with E-state index in [1.54, 1.807) is 18.3 Å². The fourth-order valence-corrected chi connectivity index (χ4v) is 1.02. The van der Waals surface area contributed by atoms with E-state index in [1.807, 2.05) is 0 Å². The second-order valence-corrected chi connectivity index (χ2v) is 2.79. The molecule has 0 aliphatic carbocycles. The van der Waals surface area contributed by atoms with Crippen molar-refractivity contribution in [2.24, 2.45) is 0 Å². The van der Waals surface area contributed by atoms with Crippen molar-refractivity contribution in [3.05, 3.63) is 23.9 Å². The maximum Gasteiger partial charge on any atom is 0.143 e. The highest BCUT2D eigenvalue weighted by atomic mass is 15.0. The molecule has 0 spiro atoms. The Hall–Kier alpha value is -1.56. The molecule has 1 aromatic heterocycles. The zero-order valence-corrected chi connectivity index (χ0v) is 7.75. The quantitative estimate of drug-likeness (QED) is 0.713. The van der Waals surface area contributed by atoms with Crippen LogP contribution in [0.2, 0.25) is 0 Å². The Morgan fingerprint density at radius 1 is 1.62 bits per heavy atom. The zero-order valence-electron chi connectivity index (χ0n) is 7.75. The largest absolute Gasteiger partial charge is 0.369 e. The number of pyridine rings is 1. The molecule has 1 aromatic rings. The monoisotopic (exact) mass is 175 g/mol. The van der Waals surface area contributed by atoms with E-state index in [4.69, 9.17) is 5.26 Å². The third-order valence-electron chi connectivity index (χ3n) is 1.75. The molecule has 0 fully saturated rings. The van der Waals surface area contributed by atoms with Gasteiger partial charge in [0.25, 0.3) is 0 Å². The number of unbranched alkanes of at least 4 members (excludes halogenated alkanes) is 1. The summed E-state index contributed by atoms with van der Waals surface area (Å²) in [6.45, 7) is 3.01. The lowest BCUT2D eigenvalue weighted by molar-refractivity contribution is 0.830. The van der Waals surface area contributed by atoms with Gasteiger partial charge in [-0.3, -0.25) is 0 Å². The Balaban J connectivity index is 2.60. The van der Waals surface area contributed by atoms with Crippen molar-refractivity contribution in [2.45, 2.75) is 19.8 Å². The molecule has 0 saturated carbocycles. The highest BCUT2D eigenvalue weighted by Gasteiger charge is 1.99. The van der Waals surface area contributed by atoms with Gasteiger partial charge in [-0.2, -0.15) is 5.26 Å². The molecule has 68 valence electrons. The van der Waals surface area contributed by atoms with Gasteiger partial charge in [-0.15, -0.1) is 0 Å². The maximum absolute atomic E-state index is 8.74. The average Bonchev–Trinajstić information content (AvgIpc) is 2.19. The van der Waals surface area contributed by atoms with E-state index < -0.39 is 0 Å². The smallest absolute Gasteiger partial charge is 0.143 e. The Labute approximate surface area is 78.4 Å². The SMILES string of the molecule is CCCCNc1ncccc1C#N. The van der Waals surface area contributed by atoms with Crippen LogP contribution in [0.4, 0.5) is 5.82 Å². The van der Waals surface area contributed by atoms with Gasteiger partial charge in [0.05, 0.1) is 5.56 Å². The van der Waals surface area contributed by atoms with Gasteiger partial charge in [0.15, 0.2) is 0 Å². The molecular weight excluding hydrogens is 162 g/mol. The molecule has 1 heterocycles. The molecule has 0 unspecified atom stereocenters. The van der Waals surface area contributed by atoms with Crippen LogP contribution in [0.3, 0.4) is 0 Å². The number of hydrogen-bond acceptors (Lipinski definition) is 3. The number of nitrogens with zero attached hydrogens (tertiary/aromatic N) is 2. The van der Waals surface area contributed by atoms with E-state index in [2.05, 4.69) is 23.3 Å². The van der Waals surface area contributed by atoms with Crippen molar-refractivity contribution in [2.75, 3.05) is 11.9 Å². The van der Waals surface area contributed by atoms with Gasteiger partial charge >= 0.3 is 0 Å². The Bertz CT molecular complexity index is 301. The minimum Gasteiger partial charge on any atom is -0.369 e. The van der Waals surface area contributed by atoms with E-state index in [0.717, 1.165) is 19.4 Å². The third kappa shape index (κ3) is 2.75. The van der Waals surface area contributed by atoms with Crippen molar-refractivity contribution >= 4 is 5.82 Å². The Morgan fingerprint density at radius 3 is 3.15 bits per heavy atom. The minimum absolute atomic E-state index is 0.610. The number of aromatic nitrogens is 1. The first kappa shape index (κ1) is 9.53. The first-order valence-electron chi connectivity index (χ1n) is 4.47. The highest BCUT2D eigenvalue weighted by Crippen LogP contribution is 2.09. The molecule has 0 saturated heterocycles. The zero-order chi connectivity index (χ0) is 9.52. The van der Waals surface area contributed by atoms with Crippen LogP contribution >= 0.6 is 0 Å². The molecule has 0 aliphatic heterocycles. The van der Waals surface area contributed by atoms with Crippen molar-refractivity contribution in [3.8, 4) is 6.07 Å². The lowest BCUT2D eigenvalue weighted by atomic mass is 10.2. The number of nitrogens with one attached hydrogen (secondary N) is 1. The van der Waals surface area contributed by atoms with Crippen molar-refractivity contribution in [1.82, 2.24) is 4.98 Å².